The number of anilines is 1. The lowest BCUT2D eigenvalue weighted by Crippen LogP contribution is -2.32. The van der Waals surface area contributed by atoms with Crippen molar-refractivity contribution in [2.45, 2.75) is 24.1 Å². The third-order valence-corrected chi connectivity index (χ3v) is 7.91. The fourth-order valence-corrected chi connectivity index (χ4v) is 5.06. The quantitative estimate of drug-likeness (QED) is 0.319. The molecule has 182 valence electrons. The van der Waals surface area contributed by atoms with E-state index in [0.29, 0.717) is 23.1 Å². The van der Waals surface area contributed by atoms with Gasteiger partial charge in [0, 0.05) is 30.6 Å². The molecule has 10 nitrogen and oxygen atoms in total. The maximum Gasteiger partial charge on any atom is 0.263 e. The number of nitrogens with one attached hydrogen (secondary N) is 2. The minimum Gasteiger partial charge on any atom is -0.474 e. The molecule has 36 heavy (non-hydrogen) atoms. The van der Waals surface area contributed by atoms with Crippen molar-refractivity contribution in [3.8, 4) is 11.9 Å². The van der Waals surface area contributed by atoms with Gasteiger partial charge in [-0.2, -0.15) is 10.4 Å². The van der Waals surface area contributed by atoms with E-state index in [9.17, 15) is 9.59 Å². The second-order valence-electron chi connectivity index (χ2n) is 8.38. The lowest BCUT2D eigenvalue weighted by atomic mass is 10.1. The van der Waals surface area contributed by atoms with Crippen molar-refractivity contribution in [2.24, 2.45) is 7.05 Å². The number of carbonyl (C=O) groups is 1. The first-order valence-corrected chi connectivity index (χ1v) is 12.8. The molecule has 0 unspecified atom stereocenters. The van der Waals surface area contributed by atoms with Gasteiger partial charge in [0.25, 0.3) is 17.3 Å². The van der Waals surface area contributed by atoms with Gasteiger partial charge in [0.15, 0.2) is 5.13 Å². The number of nitrogens with zero attached hydrogens (tertiary/aromatic N) is 5. The van der Waals surface area contributed by atoms with Crippen LogP contribution in [0.25, 0.3) is 10.9 Å². The minimum absolute atomic E-state index is 0.000499. The Morgan fingerprint density at radius 3 is 2.83 bits per heavy atom. The zero-order valence-corrected chi connectivity index (χ0v) is 20.9. The maximum atomic E-state index is 13.1. The summed E-state index contributed by atoms with van der Waals surface area (Å²) in [5, 5.41) is 23.1. The molecule has 0 spiro atoms. The van der Waals surface area contributed by atoms with Crippen LogP contribution < -0.4 is 20.3 Å². The molecule has 1 amide bonds. The van der Waals surface area contributed by atoms with Crippen LogP contribution in [0.2, 0.25) is 0 Å². The summed E-state index contributed by atoms with van der Waals surface area (Å²) in [5.41, 5.74) is 1.37. The topological polar surface area (TPSA) is 135 Å². The first kappa shape index (κ1) is 23.8. The Morgan fingerprint density at radius 2 is 2.14 bits per heavy atom. The highest BCUT2D eigenvalue weighted by Gasteiger charge is 2.45. The molecule has 0 radical (unpaired) electrons. The highest BCUT2D eigenvalue weighted by molar-refractivity contribution is 8.02. The number of carbonyl (C=O) groups excluding carboxylic acids is 1. The van der Waals surface area contributed by atoms with Crippen molar-refractivity contribution in [2.75, 3.05) is 11.3 Å². The zero-order chi connectivity index (χ0) is 25.1. The zero-order valence-electron chi connectivity index (χ0n) is 19.2. The van der Waals surface area contributed by atoms with Crippen molar-refractivity contribution >= 4 is 45.2 Å². The fourth-order valence-electron chi connectivity index (χ4n) is 3.59. The van der Waals surface area contributed by atoms with E-state index < -0.39 is 11.5 Å². The summed E-state index contributed by atoms with van der Waals surface area (Å²) in [7, 11) is 1.59. The van der Waals surface area contributed by atoms with Gasteiger partial charge in [0.1, 0.15) is 17.7 Å². The van der Waals surface area contributed by atoms with Gasteiger partial charge >= 0.3 is 0 Å². The molecule has 3 aromatic heterocycles. The highest BCUT2D eigenvalue weighted by Crippen LogP contribution is 2.48. The average molecular weight is 520 g/mol. The standard InChI is InChI=1S/C24H21N7O3S2/c1-31-19-17(10-18(22(31)33)20(32)27-12-16-4-2-15(11-25)3-5-16)13-28-29-21(19)34-14-24(6-7-24)36-30-23-26-8-9-35-23/h2-5,8-10,13H,6-7,12,14H2,1H3,(H,26,30)(H,27,32). The van der Waals surface area contributed by atoms with Crippen molar-refractivity contribution in [3.63, 3.8) is 0 Å². The Labute approximate surface area is 214 Å². The molecule has 0 saturated heterocycles. The summed E-state index contributed by atoms with van der Waals surface area (Å²) < 4.78 is 10.6. The van der Waals surface area contributed by atoms with Crippen molar-refractivity contribution in [3.05, 3.63) is 75.1 Å². The van der Waals surface area contributed by atoms with Crippen LogP contribution in [0.3, 0.4) is 0 Å². The molecule has 4 aromatic rings. The SMILES string of the molecule is Cn1c(=O)c(C(=O)NCc2ccc(C#N)cc2)cc2cnnc(OCC3(SNc4nccs4)CC3)c21. The van der Waals surface area contributed by atoms with Crippen LogP contribution >= 0.6 is 23.3 Å². The number of aromatic nitrogens is 4. The van der Waals surface area contributed by atoms with Crippen molar-refractivity contribution in [1.29, 1.82) is 5.26 Å². The Bertz CT molecular complexity index is 1510. The van der Waals surface area contributed by atoms with Crippen LogP contribution in [0.1, 0.15) is 34.3 Å². The summed E-state index contributed by atoms with van der Waals surface area (Å²) in [6, 6.07) is 10.4. The van der Waals surface area contributed by atoms with Crippen LogP contribution in [-0.4, -0.2) is 37.0 Å². The van der Waals surface area contributed by atoms with Crippen molar-refractivity contribution in [1.82, 2.24) is 25.1 Å². The predicted octanol–water partition coefficient (Wildman–Crippen LogP) is 3.26. The van der Waals surface area contributed by atoms with Crippen molar-refractivity contribution < 1.29 is 9.53 Å². The second-order valence-corrected chi connectivity index (χ2v) is 10.5. The first-order valence-electron chi connectivity index (χ1n) is 11.1. The Kier molecular flexibility index (Phi) is 6.58. The Hall–Kier alpha value is -3.95. The summed E-state index contributed by atoms with van der Waals surface area (Å²) in [4.78, 5) is 30.1. The first-order chi connectivity index (χ1) is 17.5. The third-order valence-electron chi connectivity index (χ3n) is 5.84. The van der Waals surface area contributed by atoms with Crippen LogP contribution in [-0.2, 0) is 13.6 Å². The minimum atomic E-state index is -0.497. The van der Waals surface area contributed by atoms with Crippen LogP contribution in [0, 0.1) is 11.3 Å². The number of nitriles is 1. The number of amides is 1. The van der Waals surface area contributed by atoms with Gasteiger partial charge in [0.2, 0.25) is 0 Å². The van der Waals surface area contributed by atoms with Crippen LogP contribution in [0.4, 0.5) is 5.13 Å². The molecule has 1 aliphatic rings. The van der Waals surface area contributed by atoms with E-state index in [1.165, 1.54) is 28.2 Å². The molecule has 0 atom stereocenters. The molecule has 0 aliphatic heterocycles. The number of rotatable bonds is 9. The Balaban J connectivity index is 1.31. The smallest absolute Gasteiger partial charge is 0.263 e. The summed E-state index contributed by atoms with van der Waals surface area (Å²) in [5.74, 6) is -0.250. The van der Waals surface area contributed by atoms with E-state index in [1.54, 1.807) is 49.5 Å². The number of pyridine rings is 1. The molecule has 5 rings (SSSR count). The molecule has 12 heteroatoms. The van der Waals surface area contributed by atoms with Gasteiger partial charge < -0.3 is 19.3 Å². The monoisotopic (exact) mass is 519 g/mol. The number of hydrogen-bond acceptors (Lipinski definition) is 10. The molecule has 1 aliphatic carbocycles. The number of thiazole rings is 1. The molecular weight excluding hydrogens is 498 g/mol. The molecule has 3 heterocycles. The summed E-state index contributed by atoms with van der Waals surface area (Å²) in [6.45, 7) is 0.619. The van der Waals surface area contributed by atoms with E-state index in [0.717, 1.165) is 23.5 Å². The predicted molar refractivity (Wildman–Crippen MR) is 138 cm³/mol. The summed E-state index contributed by atoms with van der Waals surface area (Å²) in [6.07, 6.45) is 5.22. The Morgan fingerprint density at radius 1 is 1.33 bits per heavy atom. The van der Waals surface area contributed by atoms with E-state index in [1.807, 2.05) is 5.38 Å². The van der Waals surface area contributed by atoms with Gasteiger partial charge in [-0.1, -0.05) is 12.1 Å². The average Bonchev–Trinajstić information content (AvgIpc) is 3.48. The largest absolute Gasteiger partial charge is 0.474 e. The second kappa shape index (κ2) is 9.96. The van der Waals surface area contributed by atoms with Crippen LogP contribution in [0.15, 0.2) is 52.9 Å². The van der Waals surface area contributed by atoms with Crippen LogP contribution in [0.5, 0.6) is 5.88 Å². The number of fused-ring (bicyclic) bond motifs is 1. The maximum absolute atomic E-state index is 13.1. The van der Waals surface area contributed by atoms with Gasteiger partial charge in [-0.05, 0) is 48.6 Å². The van der Waals surface area contributed by atoms with Gasteiger partial charge in [-0.25, -0.2) is 4.98 Å². The van der Waals surface area contributed by atoms with Gasteiger partial charge in [-0.3, -0.25) is 9.59 Å². The lowest BCUT2D eigenvalue weighted by molar-refractivity contribution is 0.0949. The fraction of sp³-hybridized carbons (Fsp3) is 0.250. The van der Waals surface area contributed by atoms with E-state index in [4.69, 9.17) is 10.00 Å². The number of aryl methyl sites for hydroxylation is 1. The third kappa shape index (κ3) is 5.02. The highest BCUT2D eigenvalue weighted by atomic mass is 32.2. The molecular formula is C24H21N7O3S2. The van der Waals surface area contributed by atoms with E-state index in [2.05, 4.69) is 31.3 Å². The molecule has 2 N–H and O–H groups in total. The van der Waals surface area contributed by atoms with Gasteiger partial charge in [-0.15, -0.1) is 16.4 Å². The summed E-state index contributed by atoms with van der Waals surface area (Å²) >= 11 is 3.11. The number of benzene rings is 1. The molecule has 1 aromatic carbocycles. The van der Waals surface area contributed by atoms with E-state index in [-0.39, 0.29) is 22.7 Å². The lowest BCUT2D eigenvalue weighted by Gasteiger charge is -2.17. The van der Waals surface area contributed by atoms with Gasteiger partial charge in [0.05, 0.1) is 22.6 Å². The van der Waals surface area contributed by atoms with E-state index >= 15 is 0 Å². The number of hydrogen-bond donors (Lipinski definition) is 2. The molecule has 1 fully saturated rings. The number of ether oxygens (including phenoxy) is 1. The molecule has 1 saturated carbocycles. The molecule has 0 bridgehead atoms. The normalized spacial score (nSPS) is 13.7.